The van der Waals surface area contributed by atoms with E-state index >= 15 is 0 Å². The molecule has 0 unspecified atom stereocenters. The Kier molecular flexibility index (Phi) is 5.36. The van der Waals surface area contributed by atoms with Gasteiger partial charge in [-0.15, -0.1) is 0 Å². The maximum Gasteiger partial charge on any atom is 0.246 e. The lowest BCUT2D eigenvalue weighted by Crippen LogP contribution is -2.49. The van der Waals surface area contributed by atoms with Crippen molar-refractivity contribution in [1.82, 2.24) is 9.80 Å². The maximum absolute atomic E-state index is 12.2. The monoisotopic (exact) mass is 300 g/mol. The highest BCUT2D eigenvalue weighted by molar-refractivity contribution is 5.92. The maximum atomic E-state index is 12.2. The molecule has 0 N–H and O–H groups in total. The van der Waals surface area contributed by atoms with Gasteiger partial charge in [-0.1, -0.05) is 38.1 Å². The summed E-state index contributed by atoms with van der Waals surface area (Å²) >= 11 is 0. The summed E-state index contributed by atoms with van der Waals surface area (Å²) in [4.78, 5) is 27.0. The molecule has 0 atom stereocenters. The smallest absolute Gasteiger partial charge is 0.246 e. The van der Waals surface area contributed by atoms with E-state index in [1.807, 2.05) is 18.2 Å². The van der Waals surface area contributed by atoms with E-state index in [4.69, 9.17) is 0 Å². The van der Waals surface area contributed by atoms with E-state index in [2.05, 4.69) is 26.0 Å². The van der Waals surface area contributed by atoms with E-state index in [1.165, 1.54) is 5.56 Å². The molecule has 1 saturated heterocycles. The van der Waals surface area contributed by atoms with E-state index in [9.17, 15) is 9.59 Å². The zero-order chi connectivity index (χ0) is 16.1. The molecule has 4 heteroatoms. The fourth-order valence-electron chi connectivity index (χ4n) is 2.51. The topological polar surface area (TPSA) is 40.6 Å². The lowest BCUT2D eigenvalue weighted by molar-refractivity contribution is -0.135. The molecule has 1 aliphatic rings. The Bertz CT molecular complexity index is 553. The number of carbonyl (C=O) groups excluding carboxylic acids is 2. The first-order valence-electron chi connectivity index (χ1n) is 7.80. The number of carbonyl (C=O) groups is 2. The zero-order valence-corrected chi connectivity index (χ0v) is 13.6. The molecular weight excluding hydrogens is 276 g/mol. The molecule has 0 aliphatic carbocycles. The van der Waals surface area contributed by atoms with Gasteiger partial charge >= 0.3 is 0 Å². The summed E-state index contributed by atoms with van der Waals surface area (Å²) in [5, 5.41) is 0. The Morgan fingerprint density at radius 2 is 1.55 bits per heavy atom. The predicted molar refractivity (Wildman–Crippen MR) is 88.4 cm³/mol. The fraction of sp³-hybridized carbons (Fsp3) is 0.444. The quantitative estimate of drug-likeness (QED) is 0.805. The van der Waals surface area contributed by atoms with E-state index in [1.54, 1.807) is 22.8 Å². The van der Waals surface area contributed by atoms with Crippen LogP contribution in [-0.4, -0.2) is 47.8 Å². The van der Waals surface area contributed by atoms with Crippen molar-refractivity contribution in [2.75, 3.05) is 26.2 Å². The molecule has 4 nitrogen and oxygen atoms in total. The highest BCUT2D eigenvalue weighted by Crippen LogP contribution is 2.15. The van der Waals surface area contributed by atoms with Gasteiger partial charge in [0.15, 0.2) is 0 Å². The van der Waals surface area contributed by atoms with Crippen molar-refractivity contribution in [1.29, 1.82) is 0 Å². The number of rotatable bonds is 3. The summed E-state index contributed by atoms with van der Waals surface area (Å²) in [6.45, 7) is 8.35. The molecule has 1 aromatic carbocycles. The summed E-state index contributed by atoms with van der Waals surface area (Å²) < 4.78 is 0. The molecule has 0 saturated carbocycles. The van der Waals surface area contributed by atoms with Gasteiger partial charge in [0.05, 0.1) is 0 Å². The van der Waals surface area contributed by atoms with Gasteiger partial charge in [-0.3, -0.25) is 9.59 Å². The second-order valence-corrected chi connectivity index (χ2v) is 5.99. The first-order chi connectivity index (χ1) is 10.5. The van der Waals surface area contributed by atoms with Crippen molar-refractivity contribution in [3.63, 3.8) is 0 Å². The highest BCUT2D eigenvalue weighted by atomic mass is 16.2. The van der Waals surface area contributed by atoms with Crippen molar-refractivity contribution >= 4 is 17.9 Å². The second kappa shape index (κ2) is 7.25. The van der Waals surface area contributed by atoms with Gasteiger partial charge in [0.2, 0.25) is 11.8 Å². The molecule has 1 fully saturated rings. The Labute approximate surface area is 132 Å². The first kappa shape index (κ1) is 16.3. The minimum atomic E-state index is 0.0103. The van der Waals surface area contributed by atoms with Crippen LogP contribution in [0.25, 0.3) is 6.08 Å². The Balaban J connectivity index is 1.90. The predicted octanol–water partition coefficient (Wildman–Crippen LogP) is 2.51. The number of amides is 2. The van der Waals surface area contributed by atoms with Crippen LogP contribution in [0.2, 0.25) is 0 Å². The summed E-state index contributed by atoms with van der Waals surface area (Å²) in [6.07, 6.45) is 3.47. The Morgan fingerprint density at radius 3 is 2.05 bits per heavy atom. The standard InChI is InChI=1S/C18H24N2O2/c1-14(2)17-7-4-16(5-8-17)6-9-18(22)20-12-10-19(11-13-20)15(3)21/h4-9,14H,10-13H2,1-3H3. The van der Waals surface area contributed by atoms with E-state index in [-0.39, 0.29) is 11.8 Å². The van der Waals surface area contributed by atoms with Crippen LogP contribution < -0.4 is 0 Å². The van der Waals surface area contributed by atoms with Gasteiger partial charge in [-0.25, -0.2) is 0 Å². The summed E-state index contributed by atoms with van der Waals surface area (Å²) in [5.74, 6) is 0.598. The van der Waals surface area contributed by atoms with Crippen LogP contribution >= 0.6 is 0 Å². The molecule has 2 amide bonds. The van der Waals surface area contributed by atoms with E-state index < -0.39 is 0 Å². The molecule has 1 heterocycles. The third-order valence-electron chi connectivity index (χ3n) is 4.06. The first-order valence-corrected chi connectivity index (χ1v) is 7.80. The van der Waals surface area contributed by atoms with E-state index in [0.717, 1.165) is 5.56 Å². The number of benzene rings is 1. The molecule has 0 aromatic heterocycles. The minimum absolute atomic E-state index is 0.0103. The van der Waals surface area contributed by atoms with Gasteiger partial charge in [-0.05, 0) is 23.1 Å². The third kappa shape index (κ3) is 4.20. The van der Waals surface area contributed by atoms with Crippen LogP contribution in [0.3, 0.4) is 0 Å². The summed E-state index contributed by atoms with van der Waals surface area (Å²) in [6, 6.07) is 8.26. The van der Waals surface area contributed by atoms with E-state index in [0.29, 0.717) is 32.1 Å². The number of hydrogen-bond acceptors (Lipinski definition) is 2. The molecule has 0 spiro atoms. The molecule has 0 radical (unpaired) electrons. The normalized spacial score (nSPS) is 15.6. The van der Waals surface area contributed by atoms with Crippen LogP contribution in [0.4, 0.5) is 0 Å². The van der Waals surface area contributed by atoms with Crippen LogP contribution in [0.15, 0.2) is 30.3 Å². The lowest BCUT2D eigenvalue weighted by atomic mass is 10.0. The zero-order valence-electron chi connectivity index (χ0n) is 13.6. The second-order valence-electron chi connectivity index (χ2n) is 5.99. The molecule has 1 aromatic rings. The van der Waals surface area contributed by atoms with Crippen LogP contribution in [-0.2, 0) is 9.59 Å². The van der Waals surface area contributed by atoms with Gasteiger partial charge in [-0.2, -0.15) is 0 Å². The average molecular weight is 300 g/mol. The molecule has 118 valence electrons. The van der Waals surface area contributed by atoms with Crippen molar-refractivity contribution < 1.29 is 9.59 Å². The molecule has 0 bridgehead atoms. The lowest BCUT2D eigenvalue weighted by Gasteiger charge is -2.33. The minimum Gasteiger partial charge on any atom is -0.339 e. The number of hydrogen-bond donors (Lipinski definition) is 0. The summed E-state index contributed by atoms with van der Waals surface area (Å²) in [5.41, 5.74) is 2.32. The number of piperazine rings is 1. The largest absolute Gasteiger partial charge is 0.339 e. The fourth-order valence-corrected chi connectivity index (χ4v) is 2.51. The van der Waals surface area contributed by atoms with Gasteiger partial charge in [0.1, 0.15) is 0 Å². The summed E-state index contributed by atoms with van der Waals surface area (Å²) in [7, 11) is 0. The Hall–Kier alpha value is -2.10. The third-order valence-corrected chi connectivity index (χ3v) is 4.06. The molecule has 2 rings (SSSR count). The highest BCUT2D eigenvalue weighted by Gasteiger charge is 2.20. The van der Waals surface area contributed by atoms with Crippen molar-refractivity contribution in [3.8, 4) is 0 Å². The van der Waals surface area contributed by atoms with Crippen LogP contribution in [0, 0.1) is 0 Å². The van der Waals surface area contributed by atoms with Crippen LogP contribution in [0.5, 0.6) is 0 Å². The molecular formula is C18H24N2O2. The van der Waals surface area contributed by atoms with Gasteiger partial charge in [0.25, 0.3) is 0 Å². The van der Waals surface area contributed by atoms with Crippen LogP contribution in [0.1, 0.15) is 37.8 Å². The average Bonchev–Trinajstić information content (AvgIpc) is 2.53. The van der Waals surface area contributed by atoms with Gasteiger partial charge in [0, 0.05) is 39.2 Å². The van der Waals surface area contributed by atoms with Crippen molar-refractivity contribution in [3.05, 3.63) is 41.5 Å². The molecule has 22 heavy (non-hydrogen) atoms. The van der Waals surface area contributed by atoms with Gasteiger partial charge < -0.3 is 9.80 Å². The SMILES string of the molecule is CC(=O)N1CCN(C(=O)C=Cc2ccc(C(C)C)cc2)CC1. The van der Waals surface area contributed by atoms with Crippen molar-refractivity contribution in [2.24, 2.45) is 0 Å². The molecule has 1 aliphatic heterocycles. The Morgan fingerprint density at radius 1 is 1.00 bits per heavy atom. The number of nitrogens with zero attached hydrogens (tertiary/aromatic N) is 2. The van der Waals surface area contributed by atoms with Crippen molar-refractivity contribution in [2.45, 2.75) is 26.7 Å².